The molecule has 0 radical (unpaired) electrons. The van der Waals surface area contributed by atoms with Crippen LogP contribution in [0.2, 0.25) is 0 Å². The molecule has 100 valence electrons. The molecule has 0 N–H and O–H groups in total. The van der Waals surface area contributed by atoms with Crippen LogP contribution >= 0.6 is 15.9 Å². The molecule has 0 amide bonds. The van der Waals surface area contributed by atoms with Crippen LogP contribution in [0.15, 0.2) is 34.3 Å². The second-order valence-electron chi connectivity index (χ2n) is 4.38. The van der Waals surface area contributed by atoms with Crippen LogP contribution in [-0.2, 0) is 24.7 Å². The Hall–Kier alpha value is 0.733. The molecule has 1 atom stereocenters. The number of anilines is 1. The van der Waals surface area contributed by atoms with Crippen LogP contribution in [-0.4, -0.2) is 13.1 Å². The van der Waals surface area contributed by atoms with Crippen LogP contribution in [0.25, 0.3) is 5.57 Å². The fourth-order valence-electron chi connectivity index (χ4n) is 2.60. The number of allylic oxidation sites excluding steroid dienone is 2. The average Bonchev–Trinajstić information content (AvgIpc) is 2.72. The van der Waals surface area contributed by atoms with Gasteiger partial charge in [0.15, 0.2) is 0 Å². The van der Waals surface area contributed by atoms with Crippen LogP contribution in [0, 0.1) is 0 Å². The Bertz CT molecular complexity index is 557. The van der Waals surface area contributed by atoms with Crippen LogP contribution < -0.4 is 45.4 Å². The quantitative estimate of drug-likeness (QED) is 0.374. The first-order chi connectivity index (χ1) is 7.59. The van der Waals surface area contributed by atoms with E-state index in [9.17, 15) is 0 Å². The van der Waals surface area contributed by atoms with E-state index in [2.05, 4.69) is 59.1 Å². The van der Waals surface area contributed by atoms with Gasteiger partial charge >= 0.3 is 120 Å². The zero-order valence-electron chi connectivity index (χ0n) is 10.3. The van der Waals surface area contributed by atoms with Crippen molar-refractivity contribution in [3.8, 4) is 0 Å². The Morgan fingerprint density at radius 3 is 2.47 bits per heavy atom. The van der Waals surface area contributed by atoms with Crippen molar-refractivity contribution in [1.82, 2.24) is 0 Å². The minimum atomic E-state index is 0. The number of likely N-dealkylation sites (N-methyl/N-ethyl adjacent to an activating group) is 1. The number of nitrogens with zero attached hydrogens (tertiary/aromatic N) is 1. The van der Waals surface area contributed by atoms with Gasteiger partial charge in [-0.25, -0.2) is 0 Å². The summed E-state index contributed by atoms with van der Waals surface area (Å²) in [6.07, 6.45) is 4.67. The smallest absolute Gasteiger partial charge is 1.00 e. The van der Waals surface area contributed by atoms with Gasteiger partial charge < -0.3 is 37.2 Å². The maximum Gasteiger partial charge on any atom is -1.00 e. The molecule has 0 aromatic heterocycles. The predicted octanol–water partition coefficient (Wildman–Crippen LogP) is -6.21. The van der Waals surface area contributed by atoms with E-state index >= 15 is 0 Å². The van der Waals surface area contributed by atoms with E-state index in [-0.39, 0.29) is 37.2 Å². The van der Waals surface area contributed by atoms with E-state index in [1.807, 2.05) is 0 Å². The molecule has 2 aliphatic rings. The molecule has 1 unspecified atom stereocenters. The van der Waals surface area contributed by atoms with Crippen LogP contribution in [0.1, 0.15) is 12.5 Å². The third-order valence-corrected chi connectivity index (χ3v) is 4.97. The molecular formula is C13H11BrCl3NZr. The first kappa shape index (κ1) is 19.7. The van der Waals surface area contributed by atoms with Gasteiger partial charge in [-0.3, -0.25) is 0 Å². The third kappa shape index (κ3) is 3.01. The summed E-state index contributed by atoms with van der Waals surface area (Å²) in [6.45, 7) is 2.18. The van der Waals surface area contributed by atoms with Crippen molar-refractivity contribution < 1.29 is 61.9 Å². The average molecular weight is 459 g/mol. The van der Waals surface area contributed by atoms with Gasteiger partial charge in [-0.2, -0.15) is 0 Å². The van der Waals surface area contributed by atoms with Crippen molar-refractivity contribution in [2.45, 2.75) is 13.0 Å². The second kappa shape index (κ2) is 7.14. The molecule has 1 nitrogen and oxygen atoms in total. The monoisotopic (exact) mass is 455 g/mol. The summed E-state index contributed by atoms with van der Waals surface area (Å²) in [5, 5.41) is 0. The summed E-state index contributed by atoms with van der Waals surface area (Å²) in [7, 11) is 2.18. The summed E-state index contributed by atoms with van der Waals surface area (Å²) >= 11 is 5.15. The first-order valence-corrected chi connectivity index (χ1v) is 7.29. The summed E-state index contributed by atoms with van der Waals surface area (Å²) in [5.74, 6) is 0. The van der Waals surface area contributed by atoms with Crippen molar-refractivity contribution in [3.05, 3.63) is 39.9 Å². The zero-order chi connectivity index (χ0) is 11.4. The van der Waals surface area contributed by atoms with Crippen molar-refractivity contribution in [2.24, 2.45) is 0 Å². The number of hydrogen-bond donors (Lipinski definition) is 0. The van der Waals surface area contributed by atoms with Gasteiger partial charge in [-0.15, -0.1) is 0 Å². The van der Waals surface area contributed by atoms with Crippen molar-refractivity contribution in [3.63, 3.8) is 0 Å². The largest absolute Gasteiger partial charge is 1.00 e. The number of fused-ring (bicyclic) bond motifs is 3. The Morgan fingerprint density at radius 1 is 1.21 bits per heavy atom. The van der Waals surface area contributed by atoms with Gasteiger partial charge in [-0.1, -0.05) is 0 Å². The van der Waals surface area contributed by atoms with E-state index in [4.69, 9.17) is 0 Å². The Balaban J connectivity index is 0.00000108. The molecule has 6 heteroatoms. The van der Waals surface area contributed by atoms with Crippen molar-refractivity contribution >= 4 is 30.5 Å². The molecule has 0 saturated carbocycles. The Kier molecular flexibility index (Phi) is 7.41. The number of hydrogen-bond acceptors (Lipinski definition) is 1. The van der Waals surface area contributed by atoms with E-state index in [1.54, 1.807) is 0 Å². The summed E-state index contributed by atoms with van der Waals surface area (Å²) in [4.78, 5) is 2.37. The predicted molar refractivity (Wildman–Crippen MR) is 67.7 cm³/mol. The number of halogens is 4. The third-order valence-electron chi connectivity index (χ3n) is 3.31. The molecule has 3 rings (SSSR count). The van der Waals surface area contributed by atoms with Gasteiger partial charge in [0.1, 0.15) is 0 Å². The van der Waals surface area contributed by atoms with E-state index in [0.717, 1.165) is 0 Å². The molecule has 0 fully saturated rings. The molecule has 0 saturated heterocycles. The SMILES string of the molecule is CC1=CC2C(=C1)c1[c]([Zr+3])ccc(Br)c1N2C.[Cl-].[Cl-].[Cl-]. The van der Waals surface area contributed by atoms with Crippen molar-refractivity contribution in [1.29, 1.82) is 0 Å². The van der Waals surface area contributed by atoms with E-state index in [0.29, 0.717) is 6.04 Å². The fraction of sp³-hybridized carbons (Fsp3) is 0.231. The molecule has 19 heavy (non-hydrogen) atoms. The summed E-state index contributed by atoms with van der Waals surface area (Å²) < 4.78 is 2.66. The van der Waals surface area contributed by atoms with Gasteiger partial charge in [-0.05, 0) is 0 Å². The van der Waals surface area contributed by atoms with Gasteiger partial charge in [0.2, 0.25) is 0 Å². The van der Waals surface area contributed by atoms with E-state index in [1.165, 1.54) is 54.9 Å². The standard InChI is InChI=1S/C13H11BrN.3ClH.Zr/c1-8-6-10-9-4-3-5-11(14)13(9)15(2)12(10)7-8;;;;/h3,5-7,12H,1-2H3;3*1H;/q;;;;+3/p-3. The molecular weight excluding hydrogens is 448 g/mol. The molecule has 1 aromatic rings. The fourth-order valence-corrected chi connectivity index (χ4v) is 4.06. The Morgan fingerprint density at radius 2 is 1.84 bits per heavy atom. The van der Waals surface area contributed by atoms with Crippen LogP contribution in [0.4, 0.5) is 5.69 Å². The molecule has 0 bridgehead atoms. The normalized spacial score (nSPS) is 18.4. The van der Waals surface area contributed by atoms with Crippen molar-refractivity contribution in [2.75, 3.05) is 11.9 Å². The molecule has 1 aliphatic heterocycles. The molecule has 1 aromatic carbocycles. The van der Waals surface area contributed by atoms with Gasteiger partial charge in [0.25, 0.3) is 0 Å². The van der Waals surface area contributed by atoms with Gasteiger partial charge in [0.05, 0.1) is 0 Å². The van der Waals surface area contributed by atoms with Crippen LogP contribution in [0.3, 0.4) is 0 Å². The zero-order valence-corrected chi connectivity index (χ0v) is 16.7. The number of rotatable bonds is 0. The summed E-state index contributed by atoms with van der Waals surface area (Å²) in [6, 6.07) is 4.84. The molecule has 0 spiro atoms. The maximum absolute atomic E-state index is 3.67. The molecule has 1 aliphatic carbocycles. The number of benzene rings is 1. The topological polar surface area (TPSA) is 3.24 Å². The van der Waals surface area contributed by atoms with Crippen LogP contribution in [0.5, 0.6) is 0 Å². The Labute approximate surface area is 156 Å². The second-order valence-corrected chi connectivity index (χ2v) is 6.56. The maximum atomic E-state index is 3.67. The molecule has 1 heterocycles. The summed E-state index contributed by atoms with van der Waals surface area (Å²) in [5.41, 5.74) is 5.67. The van der Waals surface area contributed by atoms with E-state index < -0.39 is 0 Å². The van der Waals surface area contributed by atoms with Gasteiger partial charge in [0, 0.05) is 0 Å². The minimum absolute atomic E-state index is 0. The minimum Gasteiger partial charge on any atom is -1.00 e. The first-order valence-electron chi connectivity index (χ1n) is 5.27.